The van der Waals surface area contributed by atoms with Crippen molar-refractivity contribution in [2.45, 2.75) is 77.4 Å². The zero-order valence-corrected chi connectivity index (χ0v) is 32.9. The van der Waals surface area contributed by atoms with E-state index in [1.165, 1.54) is 22.3 Å². The molecule has 53 heavy (non-hydrogen) atoms. The quantitative estimate of drug-likeness (QED) is 0.111. The standard InChI is InChI=1S/C48H48Cl2O3/c1-33-17-21-37(22-18-33)47(3,4)45(29-35-25-39(49)31-43(27-35)51-41-13-9-7-10-14-41)53-46(48(5,6)38-23-19-34(2)20-24-38)30-36-26-40(50)32-44(28-36)52-42-15-11-8-12-16-42/h7-28,31-32,45-46H,29-30H2,1-6H3. The van der Waals surface area contributed by atoms with Gasteiger partial charge in [0.2, 0.25) is 0 Å². The lowest BCUT2D eigenvalue weighted by molar-refractivity contribution is -0.0753. The van der Waals surface area contributed by atoms with Crippen molar-refractivity contribution in [1.29, 1.82) is 0 Å². The summed E-state index contributed by atoms with van der Waals surface area (Å²) >= 11 is 13.5. The molecule has 0 heterocycles. The Kier molecular flexibility index (Phi) is 12.0. The Morgan fingerprint density at radius 2 is 0.811 bits per heavy atom. The predicted molar refractivity (Wildman–Crippen MR) is 220 cm³/mol. The highest BCUT2D eigenvalue weighted by molar-refractivity contribution is 6.31. The van der Waals surface area contributed by atoms with Crippen LogP contribution in [0.1, 0.15) is 61.1 Å². The SMILES string of the molecule is Cc1ccc(C(C)(C)C(Cc2cc(Cl)cc(Oc3ccccc3)c2)OC(Cc2cc(Cl)cc(Oc3ccccc3)c2)C(C)(C)c2ccc(C)cc2)cc1. The first kappa shape index (κ1) is 38.2. The maximum absolute atomic E-state index is 7.59. The summed E-state index contributed by atoms with van der Waals surface area (Å²) in [5.41, 5.74) is 6.10. The average molecular weight is 744 g/mol. The van der Waals surface area contributed by atoms with Crippen molar-refractivity contribution in [2.75, 3.05) is 0 Å². The molecule has 2 unspecified atom stereocenters. The van der Waals surface area contributed by atoms with Gasteiger partial charge in [-0.15, -0.1) is 0 Å². The summed E-state index contributed by atoms with van der Waals surface area (Å²) in [5.74, 6) is 2.88. The van der Waals surface area contributed by atoms with Gasteiger partial charge >= 0.3 is 0 Å². The van der Waals surface area contributed by atoms with E-state index in [1.807, 2.05) is 84.9 Å². The van der Waals surface area contributed by atoms with Crippen LogP contribution in [0.2, 0.25) is 10.0 Å². The lowest BCUT2D eigenvalue weighted by Gasteiger charge is -2.43. The van der Waals surface area contributed by atoms with Crippen LogP contribution in [0.15, 0.2) is 146 Å². The molecule has 0 aliphatic rings. The summed E-state index contributed by atoms with van der Waals surface area (Å²) < 4.78 is 20.1. The number of halogens is 2. The van der Waals surface area contributed by atoms with Gasteiger partial charge in [0, 0.05) is 20.9 Å². The summed E-state index contributed by atoms with van der Waals surface area (Å²) in [6.07, 6.45) is 0.681. The molecule has 5 heteroatoms. The molecule has 272 valence electrons. The van der Waals surface area contributed by atoms with Crippen molar-refractivity contribution < 1.29 is 14.2 Å². The minimum absolute atomic E-state index is 0.262. The molecule has 0 aliphatic carbocycles. The number of para-hydroxylation sites is 2. The highest BCUT2D eigenvalue weighted by atomic mass is 35.5. The second kappa shape index (κ2) is 16.6. The van der Waals surface area contributed by atoms with Crippen LogP contribution in [-0.4, -0.2) is 12.2 Å². The van der Waals surface area contributed by atoms with Crippen LogP contribution in [0.3, 0.4) is 0 Å². The van der Waals surface area contributed by atoms with Gasteiger partial charge in [-0.2, -0.15) is 0 Å². The van der Waals surface area contributed by atoms with Crippen molar-refractivity contribution in [1.82, 2.24) is 0 Å². The van der Waals surface area contributed by atoms with Gasteiger partial charge in [-0.3, -0.25) is 0 Å². The summed E-state index contributed by atoms with van der Waals surface area (Å²) in [5, 5.41) is 1.23. The van der Waals surface area contributed by atoms with Crippen LogP contribution in [0.4, 0.5) is 0 Å². The van der Waals surface area contributed by atoms with Crippen molar-refractivity contribution in [3.8, 4) is 23.0 Å². The smallest absolute Gasteiger partial charge is 0.129 e. The molecule has 2 atom stereocenters. The normalized spacial score (nSPS) is 13.0. The van der Waals surface area contributed by atoms with Gasteiger partial charge in [0.25, 0.3) is 0 Å². The molecule has 0 radical (unpaired) electrons. The Morgan fingerprint density at radius 3 is 1.17 bits per heavy atom. The summed E-state index contributed by atoms with van der Waals surface area (Å²) in [6.45, 7) is 13.3. The molecule has 0 spiro atoms. The fraction of sp³-hybridized carbons (Fsp3) is 0.250. The lowest BCUT2D eigenvalue weighted by Crippen LogP contribution is -2.46. The second-order valence-corrected chi connectivity index (χ2v) is 16.0. The van der Waals surface area contributed by atoms with Gasteiger partial charge in [0.15, 0.2) is 0 Å². The molecule has 0 amide bonds. The zero-order chi connectivity index (χ0) is 37.6. The molecule has 6 aromatic rings. The van der Waals surface area contributed by atoms with Crippen LogP contribution in [-0.2, 0) is 28.4 Å². The zero-order valence-electron chi connectivity index (χ0n) is 31.4. The van der Waals surface area contributed by atoms with Gasteiger partial charge in [0.1, 0.15) is 23.0 Å². The number of aryl methyl sites for hydroxylation is 2. The Hall–Kier alpha value is -4.54. The molecule has 3 nitrogen and oxygen atoms in total. The molecule has 0 aromatic heterocycles. The molecule has 0 aliphatic heterocycles. The number of hydrogen-bond acceptors (Lipinski definition) is 3. The molecule has 0 saturated heterocycles. The highest BCUT2D eigenvalue weighted by Gasteiger charge is 2.40. The van der Waals surface area contributed by atoms with Gasteiger partial charge in [-0.1, -0.05) is 147 Å². The van der Waals surface area contributed by atoms with Gasteiger partial charge < -0.3 is 14.2 Å². The van der Waals surface area contributed by atoms with Crippen LogP contribution >= 0.6 is 23.2 Å². The third-order valence-corrected chi connectivity index (χ3v) is 10.6. The number of benzene rings is 6. The van der Waals surface area contributed by atoms with E-state index >= 15 is 0 Å². The molecule has 6 aromatic carbocycles. The van der Waals surface area contributed by atoms with Crippen molar-refractivity contribution >= 4 is 23.2 Å². The van der Waals surface area contributed by atoms with E-state index in [4.69, 9.17) is 37.4 Å². The fourth-order valence-corrected chi connectivity index (χ4v) is 7.25. The van der Waals surface area contributed by atoms with Gasteiger partial charge in [-0.05, 0) is 110 Å². The third kappa shape index (κ3) is 9.91. The van der Waals surface area contributed by atoms with Crippen molar-refractivity contribution in [3.63, 3.8) is 0 Å². The number of hydrogen-bond donors (Lipinski definition) is 0. The Bertz CT molecular complexity index is 1940. The van der Waals surface area contributed by atoms with E-state index in [9.17, 15) is 0 Å². The number of ether oxygens (including phenoxy) is 3. The first-order valence-corrected chi connectivity index (χ1v) is 19.0. The maximum Gasteiger partial charge on any atom is 0.129 e. The Morgan fingerprint density at radius 1 is 0.453 bits per heavy atom. The van der Waals surface area contributed by atoms with E-state index in [-0.39, 0.29) is 12.2 Å². The predicted octanol–water partition coefficient (Wildman–Crippen LogP) is 13.7. The minimum atomic E-state index is -0.395. The molecule has 0 fully saturated rings. The first-order valence-electron chi connectivity index (χ1n) is 18.2. The van der Waals surface area contributed by atoms with E-state index in [0.29, 0.717) is 34.4 Å². The van der Waals surface area contributed by atoms with E-state index < -0.39 is 10.8 Å². The maximum atomic E-state index is 7.59. The van der Waals surface area contributed by atoms with E-state index in [2.05, 4.69) is 102 Å². The van der Waals surface area contributed by atoms with Crippen LogP contribution < -0.4 is 9.47 Å². The lowest BCUT2D eigenvalue weighted by atomic mass is 9.74. The molecule has 0 bridgehead atoms. The van der Waals surface area contributed by atoms with E-state index in [1.54, 1.807) is 0 Å². The summed E-state index contributed by atoms with van der Waals surface area (Å²) in [6, 6.07) is 49.0. The summed E-state index contributed by atoms with van der Waals surface area (Å²) in [7, 11) is 0. The highest BCUT2D eigenvalue weighted by Crippen LogP contribution is 2.40. The van der Waals surface area contributed by atoms with Crippen LogP contribution in [0.25, 0.3) is 0 Å². The molecule has 0 saturated carbocycles. The monoisotopic (exact) mass is 742 g/mol. The molecule has 0 N–H and O–H groups in total. The van der Waals surface area contributed by atoms with Crippen molar-refractivity contribution in [3.05, 3.63) is 189 Å². The summed E-state index contributed by atoms with van der Waals surface area (Å²) in [4.78, 5) is 0. The molecular weight excluding hydrogens is 695 g/mol. The van der Waals surface area contributed by atoms with Crippen molar-refractivity contribution in [2.24, 2.45) is 0 Å². The fourth-order valence-electron chi connectivity index (χ4n) is 6.76. The first-order chi connectivity index (χ1) is 25.3. The van der Waals surface area contributed by atoms with Gasteiger partial charge in [-0.25, -0.2) is 0 Å². The topological polar surface area (TPSA) is 27.7 Å². The van der Waals surface area contributed by atoms with Gasteiger partial charge in [0.05, 0.1) is 12.2 Å². The number of rotatable bonds is 14. The molecular formula is C48H48Cl2O3. The largest absolute Gasteiger partial charge is 0.457 e. The average Bonchev–Trinajstić information content (AvgIpc) is 3.12. The van der Waals surface area contributed by atoms with Crippen LogP contribution in [0.5, 0.6) is 23.0 Å². The third-order valence-electron chi connectivity index (χ3n) is 10.2. The van der Waals surface area contributed by atoms with E-state index in [0.717, 1.165) is 22.6 Å². The second-order valence-electron chi connectivity index (χ2n) is 15.1. The van der Waals surface area contributed by atoms with Crippen LogP contribution in [0, 0.1) is 13.8 Å². The Labute approximate surface area is 325 Å². The molecule has 6 rings (SSSR count). The minimum Gasteiger partial charge on any atom is -0.457 e. The Balaban J connectivity index is 1.41.